The third-order valence-electron chi connectivity index (χ3n) is 3.04. The van der Waals surface area contributed by atoms with Gasteiger partial charge in [-0.1, -0.05) is 18.2 Å². The van der Waals surface area contributed by atoms with Crippen molar-refractivity contribution >= 4 is 5.78 Å². The molecule has 0 amide bonds. The van der Waals surface area contributed by atoms with Crippen molar-refractivity contribution in [2.75, 3.05) is 13.1 Å². The fourth-order valence-corrected chi connectivity index (χ4v) is 2.08. The van der Waals surface area contributed by atoms with Gasteiger partial charge in [0, 0.05) is 31.5 Å². The van der Waals surface area contributed by atoms with Crippen LogP contribution >= 0.6 is 0 Å². The first kappa shape index (κ1) is 11.7. The number of nitriles is 1. The molecule has 1 heterocycles. The number of nitrogens with zero attached hydrogens (tertiary/aromatic N) is 2. The SMILES string of the molecule is N#CC(c1ccccc1F)N1CCC(=O)CC1. The molecule has 88 valence electrons. The van der Waals surface area contributed by atoms with Crippen molar-refractivity contribution in [2.45, 2.75) is 18.9 Å². The minimum absolute atomic E-state index is 0.214. The van der Waals surface area contributed by atoms with Crippen LogP contribution in [0.5, 0.6) is 0 Å². The van der Waals surface area contributed by atoms with Crippen LogP contribution in [0.1, 0.15) is 24.4 Å². The minimum Gasteiger partial charge on any atom is -0.300 e. The van der Waals surface area contributed by atoms with E-state index in [9.17, 15) is 14.4 Å². The maximum Gasteiger partial charge on any atom is 0.135 e. The lowest BCUT2D eigenvalue weighted by Gasteiger charge is -2.30. The van der Waals surface area contributed by atoms with Gasteiger partial charge in [0.25, 0.3) is 0 Å². The average molecular weight is 232 g/mol. The molecule has 0 bridgehead atoms. The van der Waals surface area contributed by atoms with E-state index in [1.807, 2.05) is 4.90 Å². The quantitative estimate of drug-likeness (QED) is 0.783. The van der Waals surface area contributed by atoms with Gasteiger partial charge < -0.3 is 0 Å². The summed E-state index contributed by atoms with van der Waals surface area (Å²) < 4.78 is 13.6. The summed E-state index contributed by atoms with van der Waals surface area (Å²) >= 11 is 0. The lowest BCUT2D eigenvalue weighted by molar-refractivity contribution is -0.121. The number of Topliss-reactive ketones (excluding diaryl/α,β-unsaturated/α-hetero) is 1. The molecule has 1 aromatic carbocycles. The molecule has 3 nitrogen and oxygen atoms in total. The van der Waals surface area contributed by atoms with Crippen LogP contribution in [0.15, 0.2) is 24.3 Å². The van der Waals surface area contributed by atoms with Crippen LogP contribution in [0, 0.1) is 17.1 Å². The summed E-state index contributed by atoms with van der Waals surface area (Å²) in [6.45, 7) is 1.07. The van der Waals surface area contributed by atoms with E-state index in [2.05, 4.69) is 6.07 Å². The predicted octanol–water partition coefficient (Wildman–Crippen LogP) is 2.06. The van der Waals surface area contributed by atoms with Crippen molar-refractivity contribution in [3.8, 4) is 6.07 Å². The Balaban J connectivity index is 2.20. The number of rotatable bonds is 2. The van der Waals surface area contributed by atoms with E-state index >= 15 is 0 Å². The zero-order valence-corrected chi connectivity index (χ0v) is 9.40. The van der Waals surface area contributed by atoms with Crippen molar-refractivity contribution < 1.29 is 9.18 Å². The van der Waals surface area contributed by atoms with Crippen LogP contribution in [0.2, 0.25) is 0 Å². The Hall–Kier alpha value is -1.73. The smallest absolute Gasteiger partial charge is 0.135 e. The van der Waals surface area contributed by atoms with Crippen molar-refractivity contribution in [3.05, 3.63) is 35.6 Å². The highest BCUT2D eigenvalue weighted by atomic mass is 19.1. The Labute approximate surface area is 99.5 Å². The van der Waals surface area contributed by atoms with Gasteiger partial charge in [-0.25, -0.2) is 4.39 Å². The van der Waals surface area contributed by atoms with Crippen molar-refractivity contribution in [1.82, 2.24) is 4.90 Å². The van der Waals surface area contributed by atoms with Gasteiger partial charge >= 0.3 is 0 Å². The van der Waals surface area contributed by atoms with Crippen LogP contribution in [0.3, 0.4) is 0 Å². The highest BCUT2D eigenvalue weighted by molar-refractivity contribution is 5.79. The molecular formula is C13H13FN2O. The first-order valence-electron chi connectivity index (χ1n) is 5.62. The molecule has 1 aliphatic rings. The lowest BCUT2D eigenvalue weighted by atomic mass is 10.0. The first-order valence-corrected chi connectivity index (χ1v) is 5.62. The summed E-state index contributed by atoms with van der Waals surface area (Å²) in [7, 11) is 0. The fraction of sp³-hybridized carbons (Fsp3) is 0.385. The molecule has 1 aliphatic heterocycles. The molecule has 0 aromatic heterocycles. The second kappa shape index (κ2) is 5.07. The Bertz CT molecular complexity index is 457. The number of likely N-dealkylation sites (tertiary alicyclic amines) is 1. The van der Waals surface area contributed by atoms with Gasteiger partial charge in [-0.15, -0.1) is 0 Å². The third-order valence-corrected chi connectivity index (χ3v) is 3.04. The fourth-order valence-electron chi connectivity index (χ4n) is 2.08. The van der Waals surface area contributed by atoms with E-state index in [4.69, 9.17) is 0 Å². The van der Waals surface area contributed by atoms with Crippen molar-refractivity contribution in [3.63, 3.8) is 0 Å². The van der Waals surface area contributed by atoms with Crippen LogP contribution in [0.4, 0.5) is 4.39 Å². The predicted molar refractivity (Wildman–Crippen MR) is 60.6 cm³/mol. The van der Waals surface area contributed by atoms with Crippen molar-refractivity contribution in [2.24, 2.45) is 0 Å². The number of piperidine rings is 1. The van der Waals surface area contributed by atoms with E-state index in [0.717, 1.165) is 0 Å². The number of hydrogen-bond acceptors (Lipinski definition) is 3. The largest absolute Gasteiger partial charge is 0.300 e. The highest BCUT2D eigenvalue weighted by Gasteiger charge is 2.26. The first-order chi connectivity index (χ1) is 8.22. The molecule has 4 heteroatoms. The average Bonchev–Trinajstić information content (AvgIpc) is 2.35. The Kier molecular flexibility index (Phi) is 3.50. The topological polar surface area (TPSA) is 44.1 Å². The zero-order chi connectivity index (χ0) is 12.3. The molecule has 17 heavy (non-hydrogen) atoms. The van der Waals surface area contributed by atoms with E-state index in [0.29, 0.717) is 31.5 Å². The zero-order valence-electron chi connectivity index (χ0n) is 9.40. The van der Waals surface area contributed by atoms with Crippen molar-refractivity contribution in [1.29, 1.82) is 5.26 Å². The molecule has 1 atom stereocenters. The molecule has 0 radical (unpaired) electrons. The van der Waals surface area contributed by atoms with Gasteiger partial charge in [-0.3, -0.25) is 9.69 Å². The lowest BCUT2D eigenvalue weighted by Crippen LogP contribution is -2.36. The molecule has 2 rings (SSSR count). The number of halogens is 1. The number of ketones is 1. The molecule has 1 aromatic rings. The Morgan fingerprint density at radius 1 is 1.29 bits per heavy atom. The highest BCUT2D eigenvalue weighted by Crippen LogP contribution is 2.24. The number of carbonyl (C=O) groups excluding carboxylic acids is 1. The normalized spacial score (nSPS) is 18.7. The Morgan fingerprint density at radius 3 is 2.53 bits per heavy atom. The number of carbonyl (C=O) groups is 1. The standard InChI is InChI=1S/C13H13FN2O/c14-12-4-2-1-3-11(12)13(9-15)16-7-5-10(17)6-8-16/h1-4,13H,5-8H2. The second-order valence-corrected chi connectivity index (χ2v) is 4.13. The molecule has 1 unspecified atom stereocenters. The maximum atomic E-state index is 13.6. The molecule has 0 saturated carbocycles. The molecule has 1 saturated heterocycles. The minimum atomic E-state index is -0.593. The van der Waals surface area contributed by atoms with Gasteiger partial charge in [-0.2, -0.15) is 5.26 Å². The van der Waals surface area contributed by atoms with Gasteiger partial charge in [-0.05, 0) is 6.07 Å². The summed E-state index contributed by atoms with van der Waals surface area (Å²) in [5.41, 5.74) is 0.393. The van der Waals surface area contributed by atoms with Gasteiger partial charge in [0.05, 0.1) is 6.07 Å². The van der Waals surface area contributed by atoms with Crippen LogP contribution < -0.4 is 0 Å². The summed E-state index contributed by atoms with van der Waals surface area (Å²) in [6, 6.07) is 7.83. The third kappa shape index (κ3) is 2.51. The van der Waals surface area contributed by atoms with Crippen LogP contribution in [-0.4, -0.2) is 23.8 Å². The molecule has 1 fully saturated rings. The monoisotopic (exact) mass is 232 g/mol. The summed E-state index contributed by atoms with van der Waals surface area (Å²) in [5, 5.41) is 9.18. The van der Waals surface area contributed by atoms with Crippen LogP contribution in [0.25, 0.3) is 0 Å². The molecule has 0 aliphatic carbocycles. The van der Waals surface area contributed by atoms with E-state index in [1.54, 1.807) is 18.2 Å². The van der Waals surface area contributed by atoms with Crippen LogP contribution in [-0.2, 0) is 4.79 Å². The van der Waals surface area contributed by atoms with Gasteiger partial charge in [0.15, 0.2) is 0 Å². The Morgan fingerprint density at radius 2 is 1.94 bits per heavy atom. The number of hydrogen-bond donors (Lipinski definition) is 0. The maximum absolute atomic E-state index is 13.6. The van der Waals surface area contributed by atoms with E-state index < -0.39 is 6.04 Å². The van der Waals surface area contributed by atoms with E-state index in [-0.39, 0.29) is 11.6 Å². The summed E-state index contributed by atoms with van der Waals surface area (Å²) in [4.78, 5) is 13.0. The summed E-state index contributed by atoms with van der Waals surface area (Å²) in [5.74, 6) is -0.151. The van der Waals surface area contributed by atoms with E-state index in [1.165, 1.54) is 6.07 Å². The molecular weight excluding hydrogens is 219 g/mol. The van der Waals surface area contributed by atoms with Gasteiger partial charge in [0.1, 0.15) is 17.6 Å². The number of benzene rings is 1. The molecule has 0 spiro atoms. The molecule has 0 N–H and O–H groups in total. The summed E-state index contributed by atoms with van der Waals surface area (Å²) in [6.07, 6.45) is 0.902. The van der Waals surface area contributed by atoms with Gasteiger partial charge in [0.2, 0.25) is 0 Å². The second-order valence-electron chi connectivity index (χ2n) is 4.13.